The van der Waals surface area contributed by atoms with E-state index in [1.54, 1.807) is 0 Å². The zero-order chi connectivity index (χ0) is 10.8. The summed E-state index contributed by atoms with van der Waals surface area (Å²) < 4.78 is 0. The molecule has 0 amide bonds. The molecule has 2 aliphatic rings. The highest BCUT2D eigenvalue weighted by Crippen LogP contribution is 2.68. The summed E-state index contributed by atoms with van der Waals surface area (Å²) in [6, 6.07) is 0. The maximum atomic E-state index is 11.2. The van der Waals surface area contributed by atoms with Crippen LogP contribution in [0.4, 0.5) is 0 Å². The lowest BCUT2D eigenvalue weighted by Gasteiger charge is -2.33. The van der Waals surface area contributed by atoms with Crippen molar-refractivity contribution < 1.29 is 9.90 Å². The van der Waals surface area contributed by atoms with Gasteiger partial charge in [-0.1, -0.05) is 20.8 Å². The van der Waals surface area contributed by atoms with Crippen molar-refractivity contribution in [1.82, 2.24) is 0 Å². The third-order valence-corrected chi connectivity index (χ3v) is 5.11. The number of rotatable bonds is 1. The van der Waals surface area contributed by atoms with E-state index < -0.39 is 11.5 Å². The van der Waals surface area contributed by atoms with E-state index in [2.05, 4.69) is 20.8 Å². The normalized spacial score (nSPS) is 49.6. The Balaban J connectivity index is 2.46. The van der Waals surface area contributed by atoms with Gasteiger partial charge in [-0.2, -0.15) is 0 Å². The molecule has 0 saturated heterocycles. The van der Waals surface area contributed by atoms with Crippen molar-refractivity contribution in [3.8, 4) is 0 Å². The predicted octanol–water partition coefficient (Wildman–Crippen LogP) is 1.61. The highest BCUT2D eigenvalue weighted by atomic mass is 16.4. The summed E-state index contributed by atoms with van der Waals surface area (Å²) in [5, 5.41) is 9.22. The zero-order valence-corrected chi connectivity index (χ0v) is 9.13. The van der Waals surface area contributed by atoms with Crippen LogP contribution in [0.25, 0.3) is 0 Å². The molecule has 0 spiro atoms. The van der Waals surface area contributed by atoms with Crippen LogP contribution in [0, 0.1) is 16.7 Å². The van der Waals surface area contributed by atoms with Crippen molar-refractivity contribution in [1.29, 1.82) is 0 Å². The van der Waals surface area contributed by atoms with E-state index in [-0.39, 0.29) is 16.7 Å². The minimum Gasteiger partial charge on any atom is -0.480 e. The van der Waals surface area contributed by atoms with Gasteiger partial charge in [0.25, 0.3) is 0 Å². The highest BCUT2D eigenvalue weighted by Gasteiger charge is 2.68. The minimum absolute atomic E-state index is 0.0696. The Labute approximate surface area is 84.7 Å². The Morgan fingerprint density at radius 2 is 2.00 bits per heavy atom. The molecule has 2 fully saturated rings. The first kappa shape index (κ1) is 9.97. The van der Waals surface area contributed by atoms with Crippen molar-refractivity contribution in [2.75, 3.05) is 0 Å². The molecule has 2 saturated carbocycles. The molecule has 0 heterocycles. The molecule has 3 heteroatoms. The summed E-state index contributed by atoms with van der Waals surface area (Å²) in [6.45, 7) is 6.52. The van der Waals surface area contributed by atoms with Gasteiger partial charge in [-0.25, -0.2) is 0 Å². The van der Waals surface area contributed by atoms with Crippen LogP contribution in [0.15, 0.2) is 0 Å². The Hall–Kier alpha value is -0.570. The number of nitrogens with two attached hydrogens (primary N) is 1. The monoisotopic (exact) mass is 197 g/mol. The van der Waals surface area contributed by atoms with Crippen molar-refractivity contribution in [3.05, 3.63) is 0 Å². The third kappa shape index (κ3) is 0.842. The molecule has 3 unspecified atom stereocenters. The predicted molar refractivity (Wildman–Crippen MR) is 53.8 cm³/mol. The maximum Gasteiger partial charge on any atom is 0.324 e. The quantitative estimate of drug-likeness (QED) is 0.671. The lowest BCUT2D eigenvalue weighted by molar-refractivity contribution is -0.146. The molecule has 0 aromatic heterocycles. The van der Waals surface area contributed by atoms with Gasteiger partial charge in [0, 0.05) is 0 Å². The molecule has 14 heavy (non-hydrogen) atoms. The molecule has 2 bridgehead atoms. The fourth-order valence-corrected chi connectivity index (χ4v) is 3.78. The molecule has 3 nitrogen and oxygen atoms in total. The second kappa shape index (κ2) is 2.32. The van der Waals surface area contributed by atoms with E-state index in [1.807, 2.05) is 0 Å². The molecule has 0 radical (unpaired) electrons. The summed E-state index contributed by atoms with van der Waals surface area (Å²) in [5.41, 5.74) is 5.26. The average Bonchev–Trinajstić information content (AvgIpc) is 2.31. The molecule has 2 rings (SSSR count). The first-order valence-corrected chi connectivity index (χ1v) is 5.26. The molecule has 3 atom stereocenters. The van der Waals surface area contributed by atoms with E-state index >= 15 is 0 Å². The van der Waals surface area contributed by atoms with Crippen LogP contribution in [0.3, 0.4) is 0 Å². The van der Waals surface area contributed by atoms with E-state index in [0.29, 0.717) is 6.42 Å². The zero-order valence-electron chi connectivity index (χ0n) is 9.13. The first-order chi connectivity index (χ1) is 6.24. The SMILES string of the molecule is CC12CCC(C(N)(C(=O)O)C1)C2(C)C. The topological polar surface area (TPSA) is 63.3 Å². The van der Waals surface area contributed by atoms with Crippen molar-refractivity contribution in [2.45, 2.75) is 45.6 Å². The third-order valence-electron chi connectivity index (χ3n) is 5.11. The minimum atomic E-state index is -0.976. The van der Waals surface area contributed by atoms with E-state index in [0.717, 1.165) is 12.8 Å². The molecular weight excluding hydrogens is 178 g/mol. The van der Waals surface area contributed by atoms with Crippen LogP contribution >= 0.6 is 0 Å². The summed E-state index contributed by atoms with van der Waals surface area (Å²) in [7, 11) is 0. The lowest BCUT2D eigenvalue weighted by Crippen LogP contribution is -2.53. The van der Waals surface area contributed by atoms with E-state index in [4.69, 9.17) is 5.73 Å². The van der Waals surface area contributed by atoms with Gasteiger partial charge in [0.1, 0.15) is 5.54 Å². The second-order valence-electron chi connectivity index (χ2n) is 5.90. The van der Waals surface area contributed by atoms with Gasteiger partial charge in [-0.05, 0) is 36.0 Å². The summed E-state index contributed by atoms with van der Waals surface area (Å²) in [6.07, 6.45) is 2.72. The van der Waals surface area contributed by atoms with Crippen LogP contribution in [0.1, 0.15) is 40.0 Å². The Morgan fingerprint density at radius 3 is 2.21 bits per heavy atom. The lowest BCUT2D eigenvalue weighted by atomic mass is 9.71. The largest absolute Gasteiger partial charge is 0.480 e. The number of aliphatic carboxylic acids is 1. The van der Waals surface area contributed by atoms with Gasteiger partial charge in [-0.15, -0.1) is 0 Å². The Bertz CT molecular complexity index is 297. The standard InChI is InChI=1S/C11H19NO2/c1-9(2)7-4-5-10(9,3)6-11(7,12)8(13)14/h7H,4-6,12H2,1-3H3,(H,13,14). The van der Waals surface area contributed by atoms with Crippen molar-refractivity contribution in [2.24, 2.45) is 22.5 Å². The van der Waals surface area contributed by atoms with Crippen molar-refractivity contribution in [3.63, 3.8) is 0 Å². The molecule has 3 N–H and O–H groups in total. The smallest absolute Gasteiger partial charge is 0.324 e. The van der Waals surface area contributed by atoms with E-state index in [9.17, 15) is 9.90 Å². The number of carboxylic acid groups (broad SMARTS) is 1. The molecule has 2 aliphatic carbocycles. The van der Waals surface area contributed by atoms with Crippen molar-refractivity contribution >= 4 is 5.97 Å². The van der Waals surface area contributed by atoms with Gasteiger partial charge < -0.3 is 10.8 Å². The van der Waals surface area contributed by atoms with Crippen LogP contribution in [-0.4, -0.2) is 16.6 Å². The molecule has 0 aromatic rings. The summed E-state index contributed by atoms with van der Waals surface area (Å²) in [4.78, 5) is 11.2. The number of carbonyl (C=O) groups is 1. The maximum absolute atomic E-state index is 11.2. The van der Waals surface area contributed by atoms with Crippen LogP contribution in [0.2, 0.25) is 0 Å². The molecule has 0 aromatic carbocycles. The molecular formula is C11H19NO2. The Kier molecular flexibility index (Phi) is 1.65. The highest BCUT2D eigenvalue weighted by molar-refractivity contribution is 5.80. The number of carboxylic acids is 1. The van der Waals surface area contributed by atoms with Gasteiger partial charge in [-0.3, -0.25) is 4.79 Å². The van der Waals surface area contributed by atoms with E-state index in [1.165, 1.54) is 0 Å². The first-order valence-electron chi connectivity index (χ1n) is 5.26. The van der Waals surface area contributed by atoms with Gasteiger partial charge >= 0.3 is 5.97 Å². The fourth-order valence-electron chi connectivity index (χ4n) is 3.78. The molecule has 0 aliphatic heterocycles. The average molecular weight is 197 g/mol. The number of hydrogen-bond donors (Lipinski definition) is 2. The second-order valence-corrected chi connectivity index (χ2v) is 5.90. The Morgan fingerprint density at radius 1 is 1.43 bits per heavy atom. The van der Waals surface area contributed by atoms with Crippen LogP contribution in [0.5, 0.6) is 0 Å². The number of hydrogen-bond acceptors (Lipinski definition) is 2. The fraction of sp³-hybridized carbons (Fsp3) is 0.909. The van der Waals surface area contributed by atoms with Gasteiger partial charge in [0.2, 0.25) is 0 Å². The van der Waals surface area contributed by atoms with Gasteiger partial charge in [0.05, 0.1) is 0 Å². The van der Waals surface area contributed by atoms with Crippen LogP contribution < -0.4 is 5.73 Å². The van der Waals surface area contributed by atoms with Gasteiger partial charge in [0.15, 0.2) is 0 Å². The summed E-state index contributed by atoms with van der Waals surface area (Å²) >= 11 is 0. The van der Waals surface area contributed by atoms with Crippen LogP contribution in [-0.2, 0) is 4.79 Å². The number of fused-ring (bicyclic) bond motifs is 2. The summed E-state index contributed by atoms with van der Waals surface area (Å²) in [5.74, 6) is -0.684. The molecule has 80 valence electrons.